The van der Waals surface area contributed by atoms with E-state index in [4.69, 9.17) is 0 Å². The molecule has 7 heteroatoms. The minimum atomic E-state index is -0.878. The molecule has 0 aliphatic carbocycles. The number of hydrogen-bond acceptors (Lipinski definition) is 4. The fourth-order valence-corrected chi connectivity index (χ4v) is 3.20. The number of likely N-dealkylation sites (tertiary alicyclic amines) is 1. The van der Waals surface area contributed by atoms with Gasteiger partial charge in [-0.3, -0.25) is 19.3 Å². The number of nitrogens with zero attached hydrogens (tertiary/aromatic N) is 4. The van der Waals surface area contributed by atoms with Gasteiger partial charge in [0.2, 0.25) is 5.91 Å². The van der Waals surface area contributed by atoms with Crippen molar-refractivity contribution in [3.8, 4) is 0 Å². The maximum Gasteiger partial charge on any atom is 0.272 e. The minimum absolute atomic E-state index is 0.138. The van der Waals surface area contributed by atoms with E-state index in [9.17, 15) is 9.59 Å². The number of aromatic nitrogens is 3. The van der Waals surface area contributed by atoms with Crippen LogP contribution in [0.25, 0.3) is 0 Å². The molecule has 1 fully saturated rings. The molecule has 1 saturated heterocycles. The van der Waals surface area contributed by atoms with Gasteiger partial charge in [0.05, 0.1) is 6.54 Å². The first-order valence-corrected chi connectivity index (χ1v) is 8.01. The molecule has 3 heterocycles. The second-order valence-corrected chi connectivity index (χ2v) is 6.11. The molecule has 3 rings (SSSR count). The zero-order valence-corrected chi connectivity index (χ0v) is 13.9. The van der Waals surface area contributed by atoms with Gasteiger partial charge in [-0.15, -0.1) is 0 Å². The van der Waals surface area contributed by atoms with Crippen LogP contribution in [0, 0.1) is 6.92 Å². The van der Waals surface area contributed by atoms with Gasteiger partial charge in [-0.2, -0.15) is 5.10 Å². The minimum Gasteiger partial charge on any atom is -0.357 e. The highest BCUT2D eigenvalue weighted by molar-refractivity contribution is 5.93. The van der Waals surface area contributed by atoms with Gasteiger partial charge in [-0.1, -0.05) is 6.07 Å². The Morgan fingerprint density at radius 1 is 1.33 bits per heavy atom. The maximum absolute atomic E-state index is 12.8. The Bertz CT molecular complexity index is 726. The van der Waals surface area contributed by atoms with E-state index in [-0.39, 0.29) is 18.4 Å². The average Bonchev–Trinajstić information content (AvgIpc) is 3.16. The fourth-order valence-electron chi connectivity index (χ4n) is 3.20. The lowest BCUT2D eigenvalue weighted by atomic mass is 9.87. The molecule has 1 aliphatic heterocycles. The molecule has 2 aromatic rings. The number of piperidine rings is 1. The molecule has 1 atom stereocenters. The van der Waals surface area contributed by atoms with Crippen molar-refractivity contribution in [2.75, 3.05) is 20.1 Å². The van der Waals surface area contributed by atoms with Crippen molar-refractivity contribution >= 4 is 11.8 Å². The summed E-state index contributed by atoms with van der Waals surface area (Å²) in [4.78, 5) is 31.3. The Kier molecular flexibility index (Phi) is 4.33. The Hall–Kier alpha value is -2.70. The first-order chi connectivity index (χ1) is 11.6. The van der Waals surface area contributed by atoms with Crippen molar-refractivity contribution in [1.29, 1.82) is 0 Å². The van der Waals surface area contributed by atoms with E-state index in [1.807, 2.05) is 13.0 Å². The highest BCUT2D eigenvalue weighted by atomic mass is 16.2. The summed E-state index contributed by atoms with van der Waals surface area (Å²) in [6.45, 7) is 2.81. The zero-order valence-electron chi connectivity index (χ0n) is 13.9. The predicted molar refractivity (Wildman–Crippen MR) is 88.4 cm³/mol. The van der Waals surface area contributed by atoms with Crippen LogP contribution >= 0.6 is 0 Å². The molecule has 1 unspecified atom stereocenters. The van der Waals surface area contributed by atoms with Gasteiger partial charge >= 0.3 is 0 Å². The van der Waals surface area contributed by atoms with Gasteiger partial charge in [0.25, 0.3) is 5.91 Å². The first kappa shape index (κ1) is 16.2. The van der Waals surface area contributed by atoms with Gasteiger partial charge in [-0.25, -0.2) is 0 Å². The van der Waals surface area contributed by atoms with Crippen LogP contribution in [0.4, 0.5) is 0 Å². The van der Waals surface area contributed by atoms with E-state index < -0.39 is 5.54 Å². The quantitative estimate of drug-likeness (QED) is 0.911. The molecule has 1 aliphatic rings. The molecule has 2 aromatic heterocycles. The van der Waals surface area contributed by atoms with Gasteiger partial charge in [-0.05, 0) is 37.5 Å². The lowest BCUT2D eigenvalue weighted by Gasteiger charge is -2.41. The third-order valence-corrected chi connectivity index (χ3v) is 4.48. The van der Waals surface area contributed by atoms with Crippen LogP contribution < -0.4 is 5.32 Å². The fraction of sp³-hybridized carbons (Fsp3) is 0.412. The summed E-state index contributed by atoms with van der Waals surface area (Å²) in [5.74, 6) is -0.296. The van der Waals surface area contributed by atoms with Crippen molar-refractivity contribution < 1.29 is 9.59 Å². The molecular weight excluding hydrogens is 306 g/mol. The van der Waals surface area contributed by atoms with E-state index in [2.05, 4.69) is 15.4 Å². The van der Waals surface area contributed by atoms with E-state index in [0.717, 1.165) is 12.0 Å². The third kappa shape index (κ3) is 2.77. The van der Waals surface area contributed by atoms with Crippen LogP contribution in [0.3, 0.4) is 0 Å². The summed E-state index contributed by atoms with van der Waals surface area (Å²) in [5.41, 5.74) is 0.520. The Morgan fingerprint density at radius 3 is 2.79 bits per heavy atom. The molecule has 0 saturated carbocycles. The topological polar surface area (TPSA) is 80.1 Å². The van der Waals surface area contributed by atoms with Crippen molar-refractivity contribution in [2.24, 2.45) is 0 Å². The van der Waals surface area contributed by atoms with Crippen LogP contribution in [0.15, 0.2) is 36.8 Å². The monoisotopic (exact) mass is 327 g/mol. The third-order valence-electron chi connectivity index (χ3n) is 4.48. The number of nitrogens with one attached hydrogen (secondary N) is 1. The number of pyridine rings is 1. The number of aryl methyl sites for hydroxylation is 1. The van der Waals surface area contributed by atoms with Gasteiger partial charge < -0.3 is 10.2 Å². The largest absolute Gasteiger partial charge is 0.357 e. The number of carbonyl (C=O) groups is 2. The van der Waals surface area contributed by atoms with Crippen LogP contribution in [0.5, 0.6) is 0 Å². The standard InChI is InChI=1S/C17H21N5O2/c1-13-5-6-14(19-11-13)15(23)21-9-3-7-17(12-21,16(24)18-2)22-10-4-8-20-22/h4-6,8,10-11H,3,7,9,12H2,1-2H3,(H,18,24). The molecule has 1 N–H and O–H groups in total. The lowest BCUT2D eigenvalue weighted by molar-refractivity contribution is -0.132. The first-order valence-electron chi connectivity index (χ1n) is 8.01. The molecule has 0 spiro atoms. The smallest absolute Gasteiger partial charge is 0.272 e. The SMILES string of the molecule is CNC(=O)C1(n2cccn2)CCCN(C(=O)c2ccc(C)cn2)C1. The summed E-state index contributed by atoms with van der Waals surface area (Å²) in [6.07, 6.45) is 6.46. The lowest BCUT2D eigenvalue weighted by Crippen LogP contribution is -2.59. The number of amides is 2. The second kappa shape index (κ2) is 6.43. The normalized spacial score (nSPS) is 20.7. The maximum atomic E-state index is 12.8. The summed E-state index contributed by atoms with van der Waals surface area (Å²) >= 11 is 0. The molecule has 24 heavy (non-hydrogen) atoms. The molecule has 0 bridgehead atoms. The van der Waals surface area contributed by atoms with E-state index in [1.54, 1.807) is 47.4 Å². The van der Waals surface area contributed by atoms with Crippen LogP contribution in [-0.4, -0.2) is 51.6 Å². The molecule has 2 amide bonds. The summed E-state index contributed by atoms with van der Waals surface area (Å²) in [6, 6.07) is 5.37. The van der Waals surface area contributed by atoms with Crippen molar-refractivity contribution in [3.63, 3.8) is 0 Å². The van der Waals surface area contributed by atoms with Crippen molar-refractivity contribution in [2.45, 2.75) is 25.3 Å². The second-order valence-electron chi connectivity index (χ2n) is 6.11. The Labute approximate surface area is 140 Å². The molecular formula is C17H21N5O2. The van der Waals surface area contributed by atoms with E-state index in [1.165, 1.54) is 0 Å². The summed E-state index contributed by atoms with van der Waals surface area (Å²) in [7, 11) is 1.61. The number of hydrogen-bond donors (Lipinski definition) is 1. The number of likely N-dealkylation sites (N-methyl/N-ethyl adjacent to an activating group) is 1. The average molecular weight is 327 g/mol. The number of carbonyl (C=O) groups excluding carboxylic acids is 2. The summed E-state index contributed by atoms with van der Waals surface area (Å²) < 4.78 is 1.66. The van der Waals surface area contributed by atoms with Crippen molar-refractivity contribution in [1.82, 2.24) is 25.0 Å². The van der Waals surface area contributed by atoms with E-state index >= 15 is 0 Å². The van der Waals surface area contributed by atoms with Crippen LogP contribution in [-0.2, 0) is 10.3 Å². The van der Waals surface area contributed by atoms with Crippen LogP contribution in [0.1, 0.15) is 28.9 Å². The molecule has 126 valence electrons. The highest BCUT2D eigenvalue weighted by Crippen LogP contribution is 2.29. The number of rotatable bonds is 3. The van der Waals surface area contributed by atoms with Gasteiger partial charge in [0.1, 0.15) is 5.69 Å². The van der Waals surface area contributed by atoms with Crippen LogP contribution in [0.2, 0.25) is 0 Å². The predicted octanol–water partition coefficient (Wildman–Crippen LogP) is 0.964. The Morgan fingerprint density at radius 2 is 2.17 bits per heavy atom. The van der Waals surface area contributed by atoms with Crippen molar-refractivity contribution in [3.05, 3.63) is 48.0 Å². The van der Waals surface area contributed by atoms with Gasteiger partial charge in [0.15, 0.2) is 5.54 Å². The molecule has 7 nitrogen and oxygen atoms in total. The zero-order chi connectivity index (χ0) is 17.2. The molecule has 0 aromatic carbocycles. The Balaban J connectivity index is 1.90. The molecule has 0 radical (unpaired) electrons. The van der Waals surface area contributed by atoms with Gasteiger partial charge in [0, 0.05) is 32.2 Å². The summed E-state index contributed by atoms with van der Waals surface area (Å²) in [5, 5.41) is 6.98. The van der Waals surface area contributed by atoms with E-state index in [0.29, 0.717) is 18.7 Å². The highest BCUT2D eigenvalue weighted by Gasteiger charge is 2.45.